The number of hydrogen-bond acceptors (Lipinski definition) is 6. The van der Waals surface area contributed by atoms with E-state index in [1.165, 1.54) is 102 Å². The Morgan fingerprint density at radius 2 is 0.463 bits per heavy atom. The zero-order valence-corrected chi connectivity index (χ0v) is 86.4. The Bertz CT molecular complexity index is 4980. The van der Waals surface area contributed by atoms with E-state index in [1.54, 1.807) is 0 Å². The van der Waals surface area contributed by atoms with E-state index in [1.807, 2.05) is 24.3 Å². The second kappa shape index (κ2) is 61.8. The Labute approximate surface area is 847 Å². The van der Waals surface area contributed by atoms with Crippen molar-refractivity contribution in [3.63, 3.8) is 0 Å². The molecule has 0 aliphatic carbocycles. The van der Waals surface area contributed by atoms with E-state index in [0.717, 1.165) is 68.1 Å². The first-order valence-corrected chi connectivity index (χ1v) is 62.0. The summed E-state index contributed by atoms with van der Waals surface area (Å²) in [6, 6.07) is 149. The molecule has 0 spiro atoms. The van der Waals surface area contributed by atoms with Crippen LogP contribution in [0.15, 0.2) is 441 Å². The maximum absolute atomic E-state index is 13.4. The molecular formula is C112H112BBrF6I3N4O2P4Pd-. The minimum absolute atomic E-state index is 0. The molecule has 0 amide bonds. The van der Waals surface area contributed by atoms with Crippen molar-refractivity contribution in [2.75, 3.05) is 75.2 Å². The molecule has 22 heteroatoms. The average molecular weight is 2360 g/mol. The van der Waals surface area contributed by atoms with Crippen LogP contribution in [-0.2, 0) is 20.4 Å². The van der Waals surface area contributed by atoms with Crippen LogP contribution in [-0.4, -0.2) is 92.4 Å². The van der Waals surface area contributed by atoms with Gasteiger partial charge in [0.05, 0.1) is 0 Å². The minimum Gasteiger partial charge on any atom is -0.423 e. The molecule has 16 aromatic carbocycles. The Kier molecular flexibility index (Phi) is 51.2. The Balaban J connectivity index is 0.000000192. The monoisotopic (exact) mass is 2360 g/mol. The van der Waals surface area contributed by atoms with E-state index in [2.05, 4.69) is 475 Å². The van der Waals surface area contributed by atoms with Crippen LogP contribution in [0.3, 0.4) is 0 Å². The fourth-order valence-corrected chi connectivity index (χ4v) is 24.3. The summed E-state index contributed by atoms with van der Waals surface area (Å²) in [6.45, 7) is 15.6. The molecule has 2 saturated heterocycles. The number of halogens is 10. The van der Waals surface area contributed by atoms with E-state index in [0.29, 0.717) is 36.5 Å². The summed E-state index contributed by atoms with van der Waals surface area (Å²) >= 11 is 8.77. The van der Waals surface area contributed by atoms with E-state index in [4.69, 9.17) is 10.0 Å². The SMILES string of the molecule is C.C.CCCN1CCN(c2ccc(-c3cc(F)c(F)c(F)c3)cc2)CC1.CCCN1CCN(c2ccc(Br)cc2)CC1.I[I-]I.OB(O)c1cc(F)c(F)c(F)c1.[Pd].c1ccc(P(c2ccccc2)c2ccccc2)cc1.c1ccc(P(c2ccccc2)c2ccccc2)cc1.c1ccc(P(c2ccccc2)c2ccccc2)cc1.c1ccc(P(c2ccccc2)c2ccccc2)cc1. The van der Waals surface area contributed by atoms with Crippen molar-refractivity contribution in [2.24, 2.45) is 0 Å². The summed E-state index contributed by atoms with van der Waals surface area (Å²) in [6.07, 6.45) is 2.43. The summed E-state index contributed by atoms with van der Waals surface area (Å²) in [5.41, 5.74) is 3.02. The smallest absolute Gasteiger partial charge is 0.423 e. The van der Waals surface area contributed by atoms with Crippen molar-refractivity contribution in [2.45, 2.75) is 41.5 Å². The molecule has 2 aliphatic heterocycles. The second-order valence-electron chi connectivity index (χ2n) is 30.0. The Hall–Kier alpha value is -8.34. The van der Waals surface area contributed by atoms with E-state index >= 15 is 0 Å². The standard InChI is InChI=1S/C19H21F3N2.4C18H15P.C13H19BrN2.C6H4BF3O2.2CH4.I3.Pd/c1-2-7-23-8-10-24(11-9-23)16-5-3-14(4-6-16)15-12-17(20)19(22)18(21)13-15;4*1-4-10-16(11-5-1)19(17-12-6-2-7-13-17)18-14-8-3-9-15-18;1-2-7-15-8-10-16(11-9-15)13-5-3-12(14)4-6-13;8-4-1-3(7(11)12)2-5(9)6(4)10;;;1-3-2;/h3-6,12-13H,2,7-11H2,1H3;4*1-15H;3-6H,2,7-11H2,1H3;1-2,11-12H;2*1H4;;/q;;;;;;;;;-1;. The maximum atomic E-state index is 13.4. The van der Waals surface area contributed by atoms with Gasteiger partial charge in [-0.15, -0.1) is 0 Å². The van der Waals surface area contributed by atoms with Gasteiger partial charge in [0.25, 0.3) is 0 Å². The molecule has 2 N–H and O–H groups in total. The third-order valence-corrected chi connectivity index (χ3v) is 31.3. The predicted octanol–water partition coefficient (Wildman–Crippen LogP) is 20.9. The molecule has 0 radical (unpaired) electrons. The second-order valence-corrected chi connectivity index (χ2v) is 56.1. The molecule has 134 heavy (non-hydrogen) atoms. The van der Waals surface area contributed by atoms with Crippen molar-refractivity contribution in [1.82, 2.24) is 9.80 Å². The topological polar surface area (TPSA) is 53.4 Å². The van der Waals surface area contributed by atoms with Crippen molar-refractivity contribution in [3.05, 3.63) is 476 Å². The van der Waals surface area contributed by atoms with Crippen molar-refractivity contribution < 1.29 is 70.1 Å². The Morgan fingerprint density at radius 1 is 0.284 bits per heavy atom. The van der Waals surface area contributed by atoms with Crippen LogP contribution in [0.5, 0.6) is 0 Å². The molecule has 18 rings (SSSR count). The van der Waals surface area contributed by atoms with Gasteiger partial charge in [0.1, 0.15) is 0 Å². The third kappa shape index (κ3) is 35.3. The van der Waals surface area contributed by atoms with Gasteiger partial charge in [-0.25, -0.2) is 26.3 Å². The van der Waals surface area contributed by atoms with E-state index in [9.17, 15) is 26.3 Å². The molecule has 0 unspecified atom stereocenters. The third-order valence-electron chi connectivity index (χ3n) is 21.0. The van der Waals surface area contributed by atoms with Gasteiger partial charge in [-0.1, -0.05) is 421 Å². The molecule has 0 atom stereocenters. The molecule has 2 heterocycles. The zero-order chi connectivity index (χ0) is 92.2. The van der Waals surface area contributed by atoms with Crippen LogP contribution < -0.4 is 92.2 Å². The van der Waals surface area contributed by atoms with Gasteiger partial charge in [-0.05, 0) is 199 Å². The molecule has 0 aromatic heterocycles. The molecule has 6 nitrogen and oxygen atoms in total. The van der Waals surface area contributed by atoms with Gasteiger partial charge in [-0.2, -0.15) is 0 Å². The van der Waals surface area contributed by atoms with Crippen LogP contribution in [0.1, 0.15) is 41.5 Å². The maximum Gasteiger partial charge on any atom is 0.488 e. The molecule has 2 aliphatic rings. The molecule has 2 fully saturated rings. The van der Waals surface area contributed by atoms with Crippen molar-refractivity contribution in [3.8, 4) is 11.1 Å². The zero-order valence-electron chi connectivity index (χ0n) is 73.2. The molecule has 16 aromatic rings. The first-order chi connectivity index (χ1) is 64.1. The minimum atomic E-state index is -2.00. The largest absolute Gasteiger partial charge is 0.488 e. The first kappa shape index (κ1) is 111. The predicted molar refractivity (Wildman–Crippen MR) is 582 cm³/mol. The quantitative estimate of drug-likeness (QED) is 0.0261. The Morgan fingerprint density at radius 3 is 0.642 bits per heavy atom. The summed E-state index contributed by atoms with van der Waals surface area (Å²) in [4.78, 5) is 9.78. The number of nitrogens with zero attached hydrogens (tertiary/aromatic N) is 4. The van der Waals surface area contributed by atoms with Gasteiger partial charge < -0.3 is 19.8 Å². The van der Waals surface area contributed by atoms with Crippen LogP contribution in [0.2, 0.25) is 0 Å². The number of piperazine rings is 2. The van der Waals surface area contributed by atoms with Gasteiger partial charge in [0.2, 0.25) is 0 Å². The van der Waals surface area contributed by atoms with Gasteiger partial charge in [0, 0.05) is 88.6 Å². The average Bonchev–Trinajstić information content (AvgIpc) is 0.834. The first-order valence-electron chi connectivity index (χ1n) is 43.3. The van der Waals surface area contributed by atoms with Gasteiger partial charge >= 0.3 is 57.6 Å². The number of anilines is 2. The van der Waals surface area contributed by atoms with Crippen LogP contribution in [0, 0.1) is 34.9 Å². The van der Waals surface area contributed by atoms with E-state index < -0.39 is 79.2 Å². The van der Waals surface area contributed by atoms with Crippen LogP contribution in [0.25, 0.3) is 11.1 Å². The molecule has 0 bridgehead atoms. The number of hydrogen-bond donors (Lipinski definition) is 2. The van der Waals surface area contributed by atoms with Crippen molar-refractivity contribution in [1.29, 1.82) is 0 Å². The van der Waals surface area contributed by atoms with E-state index in [-0.39, 0.29) is 35.3 Å². The number of benzene rings is 16. The van der Waals surface area contributed by atoms with Crippen molar-refractivity contribution >= 4 is 172 Å². The fourth-order valence-electron chi connectivity index (χ4n) is 14.8. The summed E-state index contributed by atoms with van der Waals surface area (Å²) in [5, 5.41) is 33.7. The van der Waals surface area contributed by atoms with Gasteiger partial charge in [-0.3, -0.25) is 9.80 Å². The summed E-state index contributed by atoms with van der Waals surface area (Å²) in [7, 11) is -3.79. The summed E-state index contributed by atoms with van der Waals surface area (Å²) < 4.78 is 77.9. The van der Waals surface area contributed by atoms with Crippen LogP contribution >= 0.6 is 84.8 Å². The molecule has 696 valence electrons. The summed E-state index contributed by atoms with van der Waals surface area (Å²) in [5.74, 6) is -8.28. The number of rotatable bonds is 20. The van der Waals surface area contributed by atoms with Crippen LogP contribution in [0.4, 0.5) is 37.7 Å². The fraction of sp³-hybridized carbons (Fsp3) is 0.143. The molecule has 0 saturated carbocycles. The normalized spacial score (nSPS) is 12.0. The van der Waals surface area contributed by atoms with Gasteiger partial charge in [0.15, 0.2) is 34.9 Å². The molecular weight excluding hydrogens is 2250 g/mol.